The molecule has 24 heavy (non-hydrogen) atoms. The summed E-state index contributed by atoms with van der Waals surface area (Å²) in [5.41, 5.74) is -0.00382. The second-order valence-electron chi connectivity index (χ2n) is 6.52. The van der Waals surface area contributed by atoms with Crippen LogP contribution in [-0.4, -0.2) is 18.0 Å². The fourth-order valence-electron chi connectivity index (χ4n) is 3.65. The van der Waals surface area contributed by atoms with Gasteiger partial charge < -0.3 is 10.6 Å². The molecule has 3 rings (SSSR count). The highest BCUT2D eigenvalue weighted by Gasteiger charge is 2.38. The molecule has 134 valence electrons. The molecule has 3 atom stereocenters. The van der Waals surface area contributed by atoms with Gasteiger partial charge in [0.05, 0.1) is 11.6 Å². The van der Waals surface area contributed by atoms with E-state index in [4.69, 9.17) is 0 Å². The molecule has 1 saturated heterocycles. The molecule has 7 heteroatoms. The van der Waals surface area contributed by atoms with E-state index in [1.54, 1.807) is 0 Å². The predicted octanol–water partition coefficient (Wildman–Crippen LogP) is 3.66. The Balaban J connectivity index is 0.00000208. The number of benzene rings is 1. The summed E-state index contributed by atoms with van der Waals surface area (Å²) in [6.45, 7) is 0.254. The Bertz CT molecular complexity index is 548. The van der Waals surface area contributed by atoms with E-state index in [1.165, 1.54) is 31.4 Å². The highest BCUT2D eigenvalue weighted by molar-refractivity contribution is 5.85. The first-order chi connectivity index (χ1) is 10.9. The van der Waals surface area contributed by atoms with Crippen LogP contribution in [0, 0.1) is 5.92 Å². The molecule has 1 aliphatic carbocycles. The van der Waals surface area contributed by atoms with Crippen LogP contribution in [0.4, 0.5) is 13.2 Å². The quantitative estimate of drug-likeness (QED) is 0.861. The minimum absolute atomic E-state index is 0. The van der Waals surface area contributed by atoms with Gasteiger partial charge in [-0.15, -0.1) is 12.4 Å². The van der Waals surface area contributed by atoms with Crippen LogP contribution in [0.5, 0.6) is 0 Å². The Labute approximate surface area is 145 Å². The van der Waals surface area contributed by atoms with E-state index in [9.17, 15) is 18.0 Å². The summed E-state index contributed by atoms with van der Waals surface area (Å²) in [5.74, 6) is 0.532. The van der Waals surface area contributed by atoms with Crippen molar-refractivity contribution in [2.75, 3.05) is 0 Å². The van der Waals surface area contributed by atoms with Crippen molar-refractivity contribution in [3.63, 3.8) is 0 Å². The van der Waals surface area contributed by atoms with Crippen molar-refractivity contribution in [1.82, 2.24) is 10.6 Å². The van der Waals surface area contributed by atoms with E-state index in [0.29, 0.717) is 17.5 Å². The molecule has 1 saturated carbocycles. The lowest BCUT2D eigenvalue weighted by atomic mass is 9.85. The molecule has 3 nitrogen and oxygen atoms in total. The molecule has 2 N–H and O–H groups in total. The molecule has 0 spiro atoms. The Morgan fingerprint density at radius 2 is 1.83 bits per heavy atom. The Morgan fingerprint density at radius 1 is 1.17 bits per heavy atom. The van der Waals surface area contributed by atoms with E-state index >= 15 is 0 Å². The van der Waals surface area contributed by atoms with Gasteiger partial charge in [0, 0.05) is 12.6 Å². The predicted molar refractivity (Wildman–Crippen MR) is 87.8 cm³/mol. The minimum Gasteiger partial charge on any atom is -0.351 e. The molecule has 1 aromatic carbocycles. The van der Waals surface area contributed by atoms with Crippen LogP contribution in [0.3, 0.4) is 0 Å². The average molecular weight is 363 g/mol. The number of carbonyl (C=O) groups excluding carboxylic acids is 1. The number of hydrogen-bond donors (Lipinski definition) is 2. The Kier molecular flexibility index (Phi) is 6.15. The van der Waals surface area contributed by atoms with Crippen LogP contribution in [-0.2, 0) is 17.5 Å². The molecule has 1 aliphatic heterocycles. The zero-order chi connectivity index (χ0) is 16.4. The van der Waals surface area contributed by atoms with Crippen LogP contribution in [0.1, 0.15) is 43.2 Å². The van der Waals surface area contributed by atoms with Crippen molar-refractivity contribution in [3.8, 4) is 0 Å². The number of nitrogens with one attached hydrogen (secondary N) is 2. The summed E-state index contributed by atoms with van der Waals surface area (Å²) < 4.78 is 37.5. The number of halogens is 4. The topological polar surface area (TPSA) is 41.1 Å². The van der Waals surface area contributed by atoms with Crippen LogP contribution in [0.15, 0.2) is 24.3 Å². The third-order valence-electron chi connectivity index (χ3n) is 4.93. The molecular weight excluding hydrogens is 341 g/mol. The van der Waals surface area contributed by atoms with Gasteiger partial charge in [0.1, 0.15) is 0 Å². The molecule has 3 unspecified atom stereocenters. The number of amides is 1. The van der Waals surface area contributed by atoms with Crippen molar-refractivity contribution in [3.05, 3.63) is 35.4 Å². The highest BCUT2D eigenvalue weighted by atomic mass is 35.5. The molecular formula is C17H22ClF3N2O. The van der Waals surface area contributed by atoms with Crippen molar-refractivity contribution in [2.45, 2.75) is 56.9 Å². The van der Waals surface area contributed by atoms with E-state index in [-0.39, 0.29) is 30.9 Å². The maximum absolute atomic E-state index is 12.5. The van der Waals surface area contributed by atoms with Gasteiger partial charge in [-0.1, -0.05) is 25.0 Å². The van der Waals surface area contributed by atoms with Gasteiger partial charge in [-0.25, -0.2) is 0 Å². The van der Waals surface area contributed by atoms with Gasteiger partial charge in [-0.3, -0.25) is 4.79 Å². The van der Waals surface area contributed by atoms with E-state index in [0.717, 1.165) is 25.0 Å². The van der Waals surface area contributed by atoms with E-state index in [1.807, 2.05) is 0 Å². The molecule has 2 aliphatic rings. The third kappa shape index (κ3) is 4.42. The first-order valence-corrected chi connectivity index (χ1v) is 8.13. The zero-order valence-corrected chi connectivity index (χ0v) is 14.1. The van der Waals surface area contributed by atoms with Crippen LogP contribution in [0.2, 0.25) is 0 Å². The maximum Gasteiger partial charge on any atom is 0.416 e. The highest BCUT2D eigenvalue weighted by Crippen LogP contribution is 2.33. The average Bonchev–Trinajstić information content (AvgIpc) is 2.96. The second-order valence-corrected chi connectivity index (χ2v) is 6.52. The first kappa shape index (κ1) is 19.1. The van der Waals surface area contributed by atoms with Crippen LogP contribution < -0.4 is 10.6 Å². The fraction of sp³-hybridized carbons (Fsp3) is 0.588. The lowest BCUT2D eigenvalue weighted by Crippen LogP contribution is -2.42. The Hall–Kier alpha value is -1.27. The summed E-state index contributed by atoms with van der Waals surface area (Å²) in [6, 6.07) is 5.19. The maximum atomic E-state index is 12.5. The van der Waals surface area contributed by atoms with Gasteiger partial charge in [0.25, 0.3) is 0 Å². The molecule has 1 heterocycles. The smallest absolute Gasteiger partial charge is 0.351 e. The summed E-state index contributed by atoms with van der Waals surface area (Å²) in [4.78, 5) is 12.2. The molecule has 0 radical (unpaired) electrons. The largest absolute Gasteiger partial charge is 0.416 e. The lowest BCUT2D eigenvalue weighted by molar-refractivity contribution is -0.137. The van der Waals surface area contributed by atoms with E-state index in [2.05, 4.69) is 10.6 Å². The van der Waals surface area contributed by atoms with Crippen molar-refractivity contribution in [2.24, 2.45) is 5.92 Å². The van der Waals surface area contributed by atoms with Gasteiger partial charge >= 0.3 is 6.18 Å². The van der Waals surface area contributed by atoms with Gasteiger partial charge in [0.2, 0.25) is 5.91 Å². The standard InChI is InChI=1S/C17H21F3N2O.ClH/c18-17(19,20)13-7-5-11(6-8-13)10-21-16(23)15-9-12-3-1-2-4-14(12)22-15;/h5-8,12,14-15,22H,1-4,9-10H2,(H,21,23);1H. The Morgan fingerprint density at radius 3 is 2.46 bits per heavy atom. The summed E-state index contributed by atoms with van der Waals surface area (Å²) in [5, 5.41) is 6.22. The minimum atomic E-state index is -4.33. The van der Waals surface area contributed by atoms with Crippen molar-refractivity contribution < 1.29 is 18.0 Å². The first-order valence-electron chi connectivity index (χ1n) is 8.13. The SMILES string of the molecule is Cl.O=C(NCc1ccc(C(F)(F)F)cc1)C1CC2CCCCC2N1. The molecule has 0 bridgehead atoms. The fourth-order valence-corrected chi connectivity index (χ4v) is 3.65. The van der Waals surface area contributed by atoms with Crippen molar-refractivity contribution >= 4 is 18.3 Å². The monoisotopic (exact) mass is 362 g/mol. The zero-order valence-electron chi connectivity index (χ0n) is 13.2. The summed E-state index contributed by atoms with van der Waals surface area (Å²) in [6.07, 6.45) is 1.31. The number of fused-ring (bicyclic) bond motifs is 1. The number of alkyl halides is 3. The second kappa shape index (κ2) is 7.74. The number of hydrogen-bond acceptors (Lipinski definition) is 2. The normalized spacial score (nSPS) is 26.4. The van der Waals surface area contributed by atoms with Crippen LogP contribution >= 0.6 is 12.4 Å². The van der Waals surface area contributed by atoms with Gasteiger partial charge in [-0.2, -0.15) is 13.2 Å². The van der Waals surface area contributed by atoms with Crippen LogP contribution in [0.25, 0.3) is 0 Å². The lowest BCUT2D eigenvalue weighted by Gasteiger charge is -2.24. The summed E-state index contributed by atoms with van der Waals surface area (Å²) >= 11 is 0. The molecule has 1 amide bonds. The summed E-state index contributed by atoms with van der Waals surface area (Å²) in [7, 11) is 0. The molecule has 0 aromatic heterocycles. The molecule has 2 fully saturated rings. The number of rotatable bonds is 3. The third-order valence-corrected chi connectivity index (χ3v) is 4.93. The molecule has 1 aromatic rings. The van der Waals surface area contributed by atoms with Gasteiger partial charge in [0.15, 0.2) is 0 Å². The number of carbonyl (C=O) groups is 1. The van der Waals surface area contributed by atoms with Crippen molar-refractivity contribution in [1.29, 1.82) is 0 Å². The van der Waals surface area contributed by atoms with E-state index < -0.39 is 11.7 Å². The van der Waals surface area contributed by atoms with Gasteiger partial charge in [-0.05, 0) is 42.9 Å².